The van der Waals surface area contributed by atoms with Crippen molar-refractivity contribution in [1.82, 2.24) is 4.90 Å². The maximum absolute atomic E-state index is 12.9. The van der Waals surface area contributed by atoms with Gasteiger partial charge in [-0.2, -0.15) is 0 Å². The van der Waals surface area contributed by atoms with E-state index in [4.69, 9.17) is 9.47 Å². The van der Waals surface area contributed by atoms with Gasteiger partial charge < -0.3 is 19.7 Å². The van der Waals surface area contributed by atoms with Gasteiger partial charge in [0.05, 0.1) is 19.9 Å². The van der Waals surface area contributed by atoms with Crippen LogP contribution in [0.2, 0.25) is 0 Å². The predicted octanol–water partition coefficient (Wildman–Crippen LogP) is 3.51. The van der Waals surface area contributed by atoms with Gasteiger partial charge in [0.15, 0.2) is 0 Å². The Morgan fingerprint density at radius 1 is 1.03 bits per heavy atom. The molecule has 1 saturated heterocycles. The molecular weight excluding hydrogens is 370 g/mol. The van der Waals surface area contributed by atoms with Crippen molar-refractivity contribution in [2.45, 2.75) is 20.8 Å². The van der Waals surface area contributed by atoms with E-state index in [1.165, 1.54) is 4.90 Å². The molecule has 0 unspecified atom stereocenters. The smallest absolute Gasteiger partial charge is 0.325 e. The van der Waals surface area contributed by atoms with Gasteiger partial charge >= 0.3 is 6.03 Å². The normalized spacial score (nSPS) is 13.6. The second-order valence-corrected chi connectivity index (χ2v) is 7.22. The van der Waals surface area contributed by atoms with Gasteiger partial charge in [-0.1, -0.05) is 17.7 Å². The van der Waals surface area contributed by atoms with Gasteiger partial charge in [-0.15, -0.1) is 0 Å². The highest BCUT2D eigenvalue weighted by molar-refractivity contribution is 6.00. The van der Waals surface area contributed by atoms with Gasteiger partial charge in [-0.3, -0.25) is 9.69 Å². The monoisotopic (exact) mass is 397 g/mol. The minimum Gasteiger partial charge on any atom is -0.497 e. The van der Waals surface area contributed by atoms with Crippen LogP contribution in [0.15, 0.2) is 30.3 Å². The van der Waals surface area contributed by atoms with E-state index in [0.29, 0.717) is 30.3 Å². The molecule has 0 saturated carbocycles. The van der Waals surface area contributed by atoms with E-state index in [2.05, 4.69) is 5.32 Å². The molecule has 154 valence electrons. The fourth-order valence-electron chi connectivity index (χ4n) is 3.69. The van der Waals surface area contributed by atoms with Gasteiger partial charge in [0, 0.05) is 24.8 Å². The number of carbonyl (C=O) groups excluding carboxylic acids is 2. The molecule has 1 N–H and O–H groups in total. The number of urea groups is 1. The first kappa shape index (κ1) is 20.5. The van der Waals surface area contributed by atoms with Gasteiger partial charge in [0.25, 0.3) is 0 Å². The SMILES string of the molecule is COc1ccc(OC)c(N2CCN(CC(=O)Nc3c(C)cc(C)cc3C)C2=O)c1. The quantitative estimate of drug-likeness (QED) is 0.810. The molecular formula is C22H27N3O4. The lowest BCUT2D eigenvalue weighted by molar-refractivity contribution is -0.116. The highest BCUT2D eigenvalue weighted by Crippen LogP contribution is 2.34. The molecule has 0 atom stereocenters. The average Bonchev–Trinajstić information content (AvgIpc) is 3.04. The van der Waals surface area contributed by atoms with Gasteiger partial charge in [-0.25, -0.2) is 4.79 Å². The zero-order chi connectivity index (χ0) is 21.1. The van der Waals surface area contributed by atoms with Crippen LogP contribution in [0.4, 0.5) is 16.2 Å². The lowest BCUT2D eigenvalue weighted by atomic mass is 10.1. The average molecular weight is 397 g/mol. The maximum Gasteiger partial charge on any atom is 0.325 e. The topological polar surface area (TPSA) is 71.1 Å². The number of ether oxygens (including phenoxy) is 2. The largest absolute Gasteiger partial charge is 0.497 e. The van der Waals surface area contributed by atoms with Crippen LogP contribution < -0.4 is 19.7 Å². The van der Waals surface area contributed by atoms with Crippen LogP contribution >= 0.6 is 0 Å². The molecule has 2 aromatic rings. The molecule has 1 heterocycles. The van der Waals surface area contributed by atoms with Crippen molar-refractivity contribution in [1.29, 1.82) is 0 Å². The van der Waals surface area contributed by atoms with Crippen LogP contribution in [-0.4, -0.2) is 50.7 Å². The summed E-state index contributed by atoms with van der Waals surface area (Å²) in [5, 5.41) is 2.95. The number of carbonyl (C=O) groups is 2. The van der Waals surface area contributed by atoms with Crippen molar-refractivity contribution in [2.75, 3.05) is 44.1 Å². The lowest BCUT2D eigenvalue weighted by Gasteiger charge is -2.21. The van der Waals surface area contributed by atoms with E-state index < -0.39 is 0 Å². The van der Waals surface area contributed by atoms with E-state index in [9.17, 15) is 9.59 Å². The number of hydrogen-bond acceptors (Lipinski definition) is 4. The highest BCUT2D eigenvalue weighted by atomic mass is 16.5. The zero-order valence-electron chi connectivity index (χ0n) is 17.5. The first-order valence-electron chi connectivity index (χ1n) is 9.50. The summed E-state index contributed by atoms with van der Waals surface area (Å²) >= 11 is 0. The first-order valence-corrected chi connectivity index (χ1v) is 9.50. The summed E-state index contributed by atoms with van der Waals surface area (Å²) in [7, 11) is 3.13. The molecule has 29 heavy (non-hydrogen) atoms. The summed E-state index contributed by atoms with van der Waals surface area (Å²) in [6.07, 6.45) is 0. The number of methoxy groups -OCH3 is 2. The van der Waals surface area contributed by atoms with Crippen LogP contribution in [0.3, 0.4) is 0 Å². The Hall–Kier alpha value is -3.22. The Morgan fingerprint density at radius 3 is 2.34 bits per heavy atom. The number of anilines is 2. The summed E-state index contributed by atoms with van der Waals surface area (Å²) in [6, 6.07) is 9.13. The molecule has 3 amide bonds. The molecule has 0 aromatic heterocycles. The van der Waals surface area contributed by atoms with E-state index in [1.54, 1.807) is 37.3 Å². The molecule has 0 spiro atoms. The fraction of sp³-hybridized carbons (Fsp3) is 0.364. The van der Waals surface area contributed by atoms with Gasteiger partial charge in [0.2, 0.25) is 5.91 Å². The minimum atomic E-state index is -0.232. The number of aryl methyl sites for hydroxylation is 3. The molecule has 7 heteroatoms. The van der Waals surface area contributed by atoms with Gasteiger partial charge in [-0.05, 0) is 44.0 Å². The Balaban J connectivity index is 1.72. The number of benzene rings is 2. The number of rotatable bonds is 6. The molecule has 1 aliphatic rings. The molecule has 1 aliphatic heterocycles. The summed E-state index contributed by atoms with van der Waals surface area (Å²) < 4.78 is 10.7. The molecule has 2 aromatic carbocycles. The molecule has 3 rings (SSSR count). The van der Waals surface area contributed by atoms with E-state index >= 15 is 0 Å². The van der Waals surface area contributed by atoms with E-state index in [-0.39, 0.29) is 18.5 Å². The van der Waals surface area contributed by atoms with Crippen molar-refractivity contribution in [3.8, 4) is 11.5 Å². The number of nitrogens with one attached hydrogen (secondary N) is 1. The van der Waals surface area contributed by atoms with Crippen molar-refractivity contribution >= 4 is 23.3 Å². The minimum absolute atomic E-state index is 0.00558. The van der Waals surface area contributed by atoms with Crippen LogP contribution in [0.5, 0.6) is 11.5 Å². The van der Waals surface area contributed by atoms with Crippen molar-refractivity contribution in [2.24, 2.45) is 0 Å². The highest BCUT2D eigenvalue weighted by Gasteiger charge is 2.32. The summed E-state index contributed by atoms with van der Waals surface area (Å²) in [5.74, 6) is 0.999. The predicted molar refractivity (Wildman–Crippen MR) is 113 cm³/mol. The molecule has 1 fully saturated rings. The summed E-state index contributed by atoms with van der Waals surface area (Å²) in [5.41, 5.74) is 4.59. The van der Waals surface area contributed by atoms with Crippen LogP contribution in [0.25, 0.3) is 0 Å². The Kier molecular flexibility index (Phi) is 5.96. The standard InChI is InChI=1S/C22H27N3O4/c1-14-10-15(2)21(16(3)11-14)23-20(26)13-24-8-9-25(22(24)27)18-12-17(28-4)6-7-19(18)29-5/h6-7,10-12H,8-9,13H2,1-5H3,(H,23,26). The van der Waals surface area contributed by atoms with Crippen molar-refractivity contribution < 1.29 is 19.1 Å². The maximum atomic E-state index is 12.9. The third kappa shape index (κ3) is 4.29. The Labute approximate surface area is 171 Å². The van der Waals surface area contributed by atoms with Crippen LogP contribution in [0, 0.1) is 20.8 Å². The van der Waals surface area contributed by atoms with E-state index in [0.717, 1.165) is 22.4 Å². The number of nitrogens with zero attached hydrogens (tertiary/aromatic N) is 2. The van der Waals surface area contributed by atoms with Crippen LogP contribution in [-0.2, 0) is 4.79 Å². The third-order valence-corrected chi connectivity index (χ3v) is 5.05. The second kappa shape index (κ2) is 8.43. The molecule has 0 bridgehead atoms. The molecule has 0 aliphatic carbocycles. The van der Waals surface area contributed by atoms with Gasteiger partial charge in [0.1, 0.15) is 18.0 Å². The third-order valence-electron chi connectivity index (χ3n) is 5.05. The Bertz CT molecular complexity index is 919. The Morgan fingerprint density at radius 2 is 1.72 bits per heavy atom. The summed E-state index contributed by atoms with van der Waals surface area (Å²) in [6.45, 7) is 6.88. The fourth-order valence-corrected chi connectivity index (χ4v) is 3.69. The molecule has 7 nitrogen and oxygen atoms in total. The first-order chi connectivity index (χ1) is 13.8. The van der Waals surface area contributed by atoms with Crippen molar-refractivity contribution in [3.05, 3.63) is 47.0 Å². The lowest BCUT2D eigenvalue weighted by Crippen LogP contribution is -2.37. The second-order valence-electron chi connectivity index (χ2n) is 7.22. The number of amides is 3. The molecule has 0 radical (unpaired) electrons. The number of hydrogen-bond donors (Lipinski definition) is 1. The van der Waals surface area contributed by atoms with Crippen molar-refractivity contribution in [3.63, 3.8) is 0 Å². The summed E-state index contributed by atoms with van der Waals surface area (Å²) in [4.78, 5) is 28.7. The van der Waals surface area contributed by atoms with E-state index in [1.807, 2.05) is 32.9 Å². The zero-order valence-corrected chi connectivity index (χ0v) is 17.5. The van der Waals surface area contributed by atoms with Crippen LogP contribution in [0.1, 0.15) is 16.7 Å².